The molecule has 2 fully saturated rings. The molecule has 214 valence electrons. The number of hydrogen-bond acceptors (Lipinski definition) is 8. The van der Waals surface area contributed by atoms with Gasteiger partial charge in [0.1, 0.15) is 11.9 Å². The lowest BCUT2D eigenvalue weighted by Gasteiger charge is -2.62. The number of aliphatic hydroxyl groups excluding tert-OH is 1. The van der Waals surface area contributed by atoms with Gasteiger partial charge in [0.05, 0.1) is 12.7 Å². The number of allylic oxidation sites excluding steroid dienone is 4. The fourth-order valence-corrected chi connectivity index (χ4v) is 7.83. The quantitative estimate of drug-likeness (QED) is 0.491. The molecule has 0 radical (unpaired) electrons. The minimum absolute atomic E-state index is 0.00921. The molecule has 0 spiro atoms. The molecule has 0 aromatic carbocycles. The van der Waals surface area contributed by atoms with E-state index in [0.717, 1.165) is 0 Å². The predicted octanol–water partition coefficient (Wildman–Crippen LogP) is 4.91. The van der Waals surface area contributed by atoms with Crippen molar-refractivity contribution in [1.29, 1.82) is 5.26 Å². The highest BCUT2D eigenvalue weighted by atomic mass is 19.1. The number of ether oxygens (including phenoxy) is 3. The van der Waals surface area contributed by atoms with Crippen molar-refractivity contribution in [2.24, 2.45) is 34.0 Å². The van der Waals surface area contributed by atoms with Gasteiger partial charge in [0.25, 0.3) is 0 Å². The minimum atomic E-state index is -2.35. The van der Waals surface area contributed by atoms with Crippen molar-refractivity contribution >= 4 is 17.9 Å². The zero-order chi connectivity index (χ0) is 29.2. The van der Waals surface area contributed by atoms with E-state index in [2.05, 4.69) is 0 Å². The largest absolute Gasteiger partial charge is 0.509 e. The lowest BCUT2D eigenvalue weighted by molar-refractivity contribution is -0.228. The number of rotatable bonds is 4. The summed E-state index contributed by atoms with van der Waals surface area (Å²) < 4.78 is 49.4. The fourth-order valence-electron chi connectivity index (χ4n) is 7.83. The highest BCUT2D eigenvalue weighted by Gasteiger charge is 2.78. The summed E-state index contributed by atoms with van der Waals surface area (Å²) in [7, 11) is 0. The maximum absolute atomic E-state index is 17.4. The number of fused-ring (bicyclic) bond motifs is 5. The number of ketones is 1. The molecule has 8 nitrogen and oxygen atoms in total. The predicted molar refractivity (Wildman–Crippen MR) is 134 cm³/mol. The van der Waals surface area contributed by atoms with Gasteiger partial charge in [-0.2, -0.15) is 5.26 Å². The van der Waals surface area contributed by atoms with Crippen molar-refractivity contribution in [2.75, 3.05) is 13.2 Å². The van der Waals surface area contributed by atoms with Crippen molar-refractivity contribution in [3.05, 3.63) is 23.6 Å². The standard InChI is InChI=1S/C29H37F2NO7/c1-16-11-18-19-13-21(30)20-12-17(33)7-8-26(20,5)28(19,31)22(34)14-27(18,6)29(16,23(35)37-10-9-32)39-24(36)38-15-25(2,3)4/h7-8,16,18-19,22,34H,10-15H2,1-6H3/t16-,18+,19+,22+,26+,27+,28+,29+/m1/s1. The van der Waals surface area contributed by atoms with Gasteiger partial charge in [-0.3, -0.25) is 4.79 Å². The second kappa shape index (κ2) is 9.39. The second-order valence-corrected chi connectivity index (χ2v) is 13.2. The van der Waals surface area contributed by atoms with E-state index < -0.39 is 75.9 Å². The van der Waals surface area contributed by atoms with Crippen molar-refractivity contribution in [2.45, 2.75) is 84.6 Å². The summed E-state index contributed by atoms with van der Waals surface area (Å²) in [4.78, 5) is 38.7. The third-order valence-corrected chi connectivity index (χ3v) is 9.64. The van der Waals surface area contributed by atoms with Crippen molar-refractivity contribution in [3.8, 4) is 6.07 Å². The Bertz CT molecular complexity index is 1180. The van der Waals surface area contributed by atoms with E-state index in [9.17, 15) is 19.5 Å². The number of esters is 1. The highest BCUT2D eigenvalue weighted by molar-refractivity contribution is 5.93. The molecule has 0 aromatic rings. The maximum Gasteiger partial charge on any atom is 0.509 e. The van der Waals surface area contributed by atoms with Gasteiger partial charge in [0.2, 0.25) is 5.60 Å². The average molecular weight is 550 g/mol. The van der Waals surface area contributed by atoms with Crippen LogP contribution in [0.2, 0.25) is 0 Å². The van der Waals surface area contributed by atoms with Crippen LogP contribution in [0.3, 0.4) is 0 Å². The van der Waals surface area contributed by atoms with Crippen LogP contribution in [-0.2, 0) is 23.8 Å². The number of hydrogen-bond donors (Lipinski definition) is 1. The van der Waals surface area contributed by atoms with E-state index in [-0.39, 0.29) is 43.6 Å². The summed E-state index contributed by atoms with van der Waals surface area (Å²) in [5.41, 5.74) is -7.70. The van der Waals surface area contributed by atoms with E-state index in [0.29, 0.717) is 0 Å². The molecule has 4 aliphatic rings. The molecule has 4 rings (SSSR count). The van der Waals surface area contributed by atoms with Crippen LogP contribution in [0.4, 0.5) is 13.6 Å². The number of halogens is 2. The first-order valence-corrected chi connectivity index (χ1v) is 13.3. The molecular weight excluding hydrogens is 512 g/mol. The fraction of sp³-hybridized carbons (Fsp3) is 0.724. The smallest absolute Gasteiger partial charge is 0.447 e. The normalized spacial score (nSPS) is 41.2. The van der Waals surface area contributed by atoms with Crippen LogP contribution < -0.4 is 0 Å². The van der Waals surface area contributed by atoms with Crippen LogP contribution in [0, 0.1) is 45.3 Å². The topological polar surface area (TPSA) is 123 Å². The minimum Gasteiger partial charge on any atom is -0.447 e. The van der Waals surface area contributed by atoms with Gasteiger partial charge in [-0.1, -0.05) is 40.7 Å². The molecule has 0 heterocycles. The molecule has 4 aliphatic carbocycles. The lowest BCUT2D eigenvalue weighted by Crippen LogP contribution is -2.70. The van der Waals surface area contributed by atoms with Crippen molar-refractivity contribution < 1.29 is 42.5 Å². The molecule has 2 saturated carbocycles. The van der Waals surface area contributed by atoms with Gasteiger partial charge in [-0.05, 0) is 42.7 Å². The number of carbonyl (C=O) groups excluding carboxylic acids is 3. The second-order valence-electron chi connectivity index (χ2n) is 13.2. The van der Waals surface area contributed by atoms with Gasteiger partial charge in [0, 0.05) is 35.5 Å². The summed E-state index contributed by atoms with van der Waals surface area (Å²) in [6, 6.07) is 1.73. The summed E-state index contributed by atoms with van der Waals surface area (Å²) in [6.07, 6.45) is -1.03. The molecule has 0 aliphatic heterocycles. The maximum atomic E-state index is 17.4. The first-order chi connectivity index (χ1) is 18.0. The first-order valence-electron chi connectivity index (χ1n) is 13.3. The summed E-state index contributed by atoms with van der Waals surface area (Å²) >= 11 is 0. The van der Waals surface area contributed by atoms with Crippen LogP contribution in [0.15, 0.2) is 23.6 Å². The van der Waals surface area contributed by atoms with E-state index in [4.69, 9.17) is 19.5 Å². The molecular formula is C29H37F2NO7. The Morgan fingerprint density at radius 1 is 1.23 bits per heavy atom. The molecule has 10 heteroatoms. The molecule has 0 amide bonds. The molecule has 0 saturated heterocycles. The Labute approximate surface area is 227 Å². The van der Waals surface area contributed by atoms with Crippen LogP contribution in [0.25, 0.3) is 0 Å². The van der Waals surface area contributed by atoms with Gasteiger partial charge in [-0.15, -0.1) is 0 Å². The Balaban J connectivity index is 1.81. The van der Waals surface area contributed by atoms with E-state index in [1.165, 1.54) is 19.1 Å². The number of carbonyl (C=O) groups is 3. The van der Waals surface area contributed by atoms with E-state index in [1.54, 1.807) is 19.9 Å². The van der Waals surface area contributed by atoms with Gasteiger partial charge in [0.15, 0.2) is 18.1 Å². The SMILES string of the molecule is C[C@@H]1C[C@H]2[C@@H]3CC(F)=C4CC(=O)C=C[C@]4(C)[C@@]3(F)[C@@H](O)C[C@]2(C)[C@@]1(OC(=O)OCC(C)(C)C)C(=O)OCC#N. The molecule has 1 N–H and O–H groups in total. The van der Waals surface area contributed by atoms with Crippen LogP contribution in [0.5, 0.6) is 0 Å². The molecule has 39 heavy (non-hydrogen) atoms. The van der Waals surface area contributed by atoms with E-state index >= 15 is 8.78 Å². The Morgan fingerprint density at radius 3 is 2.51 bits per heavy atom. The van der Waals surface area contributed by atoms with Gasteiger partial charge >= 0.3 is 12.1 Å². The van der Waals surface area contributed by atoms with E-state index in [1.807, 2.05) is 20.8 Å². The summed E-state index contributed by atoms with van der Waals surface area (Å²) in [6.45, 7) is 9.69. The molecule has 0 aromatic heterocycles. The molecule has 8 atom stereocenters. The number of aliphatic hydroxyl groups is 1. The van der Waals surface area contributed by atoms with Gasteiger partial charge in [-0.25, -0.2) is 18.4 Å². The number of nitrogens with zero attached hydrogens (tertiary/aromatic N) is 1. The highest BCUT2D eigenvalue weighted by Crippen LogP contribution is 2.71. The van der Waals surface area contributed by atoms with Crippen molar-refractivity contribution in [1.82, 2.24) is 0 Å². The number of alkyl halides is 1. The molecule has 0 unspecified atom stereocenters. The Hall–Kier alpha value is -2.80. The van der Waals surface area contributed by atoms with Gasteiger partial charge < -0.3 is 19.3 Å². The average Bonchev–Trinajstić information content (AvgIpc) is 3.06. The summed E-state index contributed by atoms with van der Waals surface area (Å²) in [5, 5.41) is 20.6. The van der Waals surface area contributed by atoms with Crippen molar-refractivity contribution in [3.63, 3.8) is 0 Å². The Kier molecular flexibility index (Phi) is 7.03. The zero-order valence-electron chi connectivity index (χ0n) is 23.3. The summed E-state index contributed by atoms with van der Waals surface area (Å²) in [5.74, 6) is -4.49. The van der Waals surface area contributed by atoms with Crippen LogP contribution in [0.1, 0.15) is 67.2 Å². The molecule has 0 bridgehead atoms. The third kappa shape index (κ3) is 4.11. The monoisotopic (exact) mass is 549 g/mol. The lowest BCUT2D eigenvalue weighted by atomic mass is 9.45. The Morgan fingerprint density at radius 2 is 1.90 bits per heavy atom. The van der Waals surface area contributed by atoms with Crippen LogP contribution in [-0.4, -0.2) is 53.6 Å². The zero-order valence-corrected chi connectivity index (χ0v) is 23.3. The number of nitriles is 1. The first kappa shape index (κ1) is 29.2. The van der Waals surface area contributed by atoms with Crippen LogP contribution >= 0.6 is 0 Å². The third-order valence-electron chi connectivity index (χ3n) is 9.64.